The van der Waals surface area contributed by atoms with E-state index in [2.05, 4.69) is 0 Å². The lowest BCUT2D eigenvalue weighted by Crippen LogP contribution is -2.33. The van der Waals surface area contributed by atoms with Crippen molar-refractivity contribution in [1.29, 1.82) is 0 Å². The van der Waals surface area contributed by atoms with E-state index in [9.17, 15) is 14.4 Å². The van der Waals surface area contributed by atoms with E-state index in [1.54, 1.807) is 48.5 Å². The van der Waals surface area contributed by atoms with Crippen LogP contribution >= 0.6 is 0 Å². The quantitative estimate of drug-likeness (QED) is 0.0728. The Morgan fingerprint density at radius 2 is 0.804 bits per heavy atom. The molecule has 0 N–H and O–H groups in total. The van der Waals surface area contributed by atoms with Crippen LogP contribution in [0.1, 0.15) is 31.1 Å². The molecule has 13 nitrogen and oxygen atoms in total. The fourth-order valence-corrected chi connectivity index (χ4v) is 4.10. The summed E-state index contributed by atoms with van der Waals surface area (Å²) >= 11 is 0. The van der Waals surface area contributed by atoms with E-state index < -0.39 is 0 Å². The van der Waals surface area contributed by atoms with Gasteiger partial charge in [0.05, 0.1) is 123 Å². The molecule has 0 saturated carbocycles. The summed E-state index contributed by atoms with van der Waals surface area (Å²) in [6, 6.07) is 13.7. The van der Waals surface area contributed by atoms with E-state index in [0.717, 1.165) is 6.29 Å². The molecular formula is C33H45NO12. The molecule has 3 rings (SSSR count). The van der Waals surface area contributed by atoms with Gasteiger partial charge >= 0.3 is 0 Å². The van der Waals surface area contributed by atoms with Gasteiger partial charge in [-0.05, 0) is 36.4 Å². The number of ether oxygens (including phenoxy) is 9. The Balaban J connectivity index is 0.953. The number of fused-ring (bicyclic) bond motifs is 1. The molecular weight excluding hydrogens is 602 g/mol. The van der Waals surface area contributed by atoms with Gasteiger partial charge in [0.1, 0.15) is 18.6 Å². The van der Waals surface area contributed by atoms with E-state index in [1.165, 1.54) is 4.90 Å². The number of nitrogens with zero attached hydrogens (tertiary/aromatic N) is 1. The number of rotatable bonds is 29. The highest BCUT2D eigenvalue weighted by molar-refractivity contribution is 6.21. The molecule has 2 aromatic rings. The summed E-state index contributed by atoms with van der Waals surface area (Å²) in [5.74, 6) is 0.136. The van der Waals surface area contributed by atoms with Gasteiger partial charge < -0.3 is 42.6 Å². The van der Waals surface area contributed by atoms with E-state index in [-0.39, 0.29) is 25.0 Å². The second-order valence-electron chi connectivity index (χ2n) is 9.74. The number of amides is 2. The molecule has 0 spiro atoms. The second kappa shape index (κ2) is 24.0. The molecule has 2 aromatic carbocycles. The number of imide groups is 1. The van der Waals surface area contributed by atoms with Crippen molar-refractivity contribution in [3.63, 3.8) is 0 Å². The van der Waals surface area contributed by atoms with Crippen molar-refractivity contribution in [3.8, 4) is 5.75 Å². The standard InChI is InChI=1S/C33H45NO12/c35-27-28-5-7-29(8-6-28)46-26-25-45-24-23-44-22-21-43-20-19-42-18-17-41-16-15-40-14-13-39-12-11-38-10-9-34-32(36)30-3-1-2-4-31(30)33(34)37/h1-8,27H,9-26H2. The summed E-state index contributed by atoms with van der Waals surface area (Å²) in [7, 11) is 0. The zero-order valence-electron chi connectivity index (χ0n) is 26.3. The first-order valence-corrected chi connectivity index (χ1v) is 15.5. The van der Waals surface area contributed by atoms with Crippen LogP contribution in [0, 0.1) is 0 Å². The average molecular weight is 648 g/mol. The third-order valence-corrected chi connectivity index (χ3v) is 6.45. The van der Waals surface area contributed by atoms with Gasteiger partial charge in [-0.2, -0.15) is 0 Å². The number of carbonyl (C=O) groups excluding carboxylic acids is 3. The molecule has 2 amide bonds. The molecule has 1 aliphatic rings. The Bertz CT molecular complexity index is 1090. The van der Waals surface area contributed by atoms with Crippen LogP contribution in [-0.2, 0) is 37.9 Å². The van der Waals surface area contributed by atoms with E-state index in [0.29, 0.717) is 128 Å². The van der Waals surface area contributed by atoms with Crippen LogP contribution in [0.15, 0.2) is 48.5 Å². The molecule has 0 saturated heterocycles. The van der Waals surface area contributed by atoms with Gasteiger partial charge in [-0.1, -0.05) is 12.1 Å². The van der Waals surface area contributed by atoms with Gasteiger partial charge in [0.25, 0.3) is 11.8 Å². The lowest BCUT2D eigenvalue weighted by molar-refractivity contribution is -0.0238. The summed E-state index contributed by atoms with van der Waals surface area (Å²) in [6.45, 7) is 7.69. The lowest BCUT2D eigenvalue weighted by Gasteiger charge is -2.13. The molecule has 0 atom stereocenters. The maximum Gasteiger partial charge on any atom is 0.261 e. The van der Waals surface area contributed by atoms with Gasteiger partial charge in [0, 0.05) is 5.56 Å². The summed E-state index contributed by atoms with van der Waals surface area (Å²) in [5.41, 5.74) is 1.49. The predicted molar refractivity (Wildman–Crippen MR) is 166 cm³/mol. The van der Waals surface area contributed by atoms with Crippen LogP contribution in [0.5, 0.6) is 5.75 Å². The number of hydrogen-bond acceptors (Lipinski definition) is 12. The molecule has 1 aliphatic heterocycles. The highest BCUT2D eigenvalue weighted by Crippen LogP contribution is 2.21. The number of benzene rings is 2. The highest BCUT2D eigenvalue weighted by Gasteiger charge is 2.34. The van der Waals surface area contributed by atoms with Crippen molar-refractivity contribution in [1.82, 2.24) is 4.90 Å². The zero-order valence-corrected chi connectivity index (χ0v) is 26.3. The molecule has 0 radical (unpaired) electrons. The van der Waals surface area contributed by atoms with Crippen LogP contribution < -0.4 is 4.74 Å². The van der Waals surface area contributed by atoms with Gasteiger partial charge in [0.15, 0.2) is 0 Å². The molecule has 13 heteroatoms. The molecule has 0 fully saturated rings. The zero-order chi connectivity index (χ0) is 32.5. The SMILES string of the molecule is O=Cc1ccc(OCCOCCOCCOCCOCCOCCOCCOCCOCCN2C(=O)c3ccccc3C2=O)cc1. The monoisotopic (exact) mass is 647 g/mol. The van der Waals surface area contributed by atoms with Crippen molar-refractivity contribution in [2.75, 3.05) is 119 Å². The van der Waals surface area contributed by atoms with E-state index in [4.69, 9.17) is 42.6 Å². The van der Waals surface area contributed by atoms with Crippen LogP contribution in [-0.4, -0.2) is 142 Å². The summed E-state index contributed by atoms with van der Waals surface area (Å²) < 4.78 is 49.2. The molecule has 0 aliphatic carbocycles. The van der Waals surface area contributed by atoms with E-state index in [1.807, 2.05) is 0 Å². The van der Waals surface area contributed by atoms with Crippen molar-refractivity contribution in [3.05, 3.63) is 65.2 Å². The molecule has 254 valence electrons. The Morgan fingerprint density at radius 3 is 1.17 bits per heavy atom. The second-order valence-corrected chi connectivity index (χ2v) is 9.74. The third-order valence-electron chi connectivity index (χ3n) is 6.45. The Hall–Kier alpha value is -3.27. The fraction of sp³-hybridized carbons (Fsp3) is 0.545. The first-order valence-electron chi connectivity index (χ1n) is 15.5. The summed E-state index contributed by atoms with van der Waals surface area (Å²) in [5, 5.41) is 0. The van der Waals surface area contributed by atoms with Crippen LogP contribution in [0.2, 0.25) is 0 Å². The van der Waals surface area contributed by atoms with Gasteiger partial charge in [0.2, 0.25) is 0 Å². The Labute approximate surface area is 269 Å². The normalized spacial score (nSPS) is 12.6. The molecule has 1 heterocycles. The Kier molecular flexibility index (Phi) is 19.4. The minimum absolute atomic E-state index is 0.211. The number of aldehydes is 1. The van der Waals surface area contributed by atoms with Crippen LogP contribution in [0.25, 0.3) is 0 Å². The first-order chi connectivity index (χ1) is 22.7. The van der Waals surface area contributed by atoms with E-state index >= 15 is 0 Å². The minimum atomic E-state index is -0.280. The number of hydrogen-bond donors (Lipinski definition) is 0. The molecule has 0 unspecified atom stereocenters. The smallest absolute Gasteiger partial charge is 0.261 e. The maximum absolute atomic E-state index is 12.3. The first kappa shape index (κ1) is 37.2. The van der Waals surface area contributed by atoms with Gasteiger partial charge in [-0.15, -0.1) is 0 Å². The summed E-state index contributed by atoms with van der Waals surface area (Å²) in [6.07, 6.45) is 0.793. The third kappa shape index (κ3) is 14.9. The largest absolute Gasteiger partial charge is 0.491 e. The highest BCUT2D eigenvalue weighted by atomic mass is 16.6. The fourth-order valence-electron chi connectivity index (χ4n) is 4.10. The lowest BCUT2D eigenvalue weighted by atomic mass is 10.1. The number of carbonyl (C=O) groups is 3. The minimum Gasteiger partial charge on any atom is -0.491 e. The molecule has 46 heavy (non-hydrogen) atoms. The molecule has 0 aromatic heterocycles. The molecule has 0 bridgehead atoms. The van der Waals surface area contributed by atoms with Crippen molar-refractivity contribution >= 4 is 18.1 Å². The summed E-state index contributed by atoms with van der Waals surface area (Å²) in [4.78, 5) is 36.4. The van der Waals surface area contributed by atoms with Crippen molar-refractivity contribution in [2.24, 2.45) is 0 Å². The maximum atomic E-state index is 12.3. The van der Waals surface area contributed by atoms with Gasteiger partial charge in [-0.25, -0.2) is 0 Å². The van der Waals surface area contributed by atoms with Crippen LogP contribution in [0.3, 0.4) is 0 Å². The Morgan fingerprint density at radius 1 is 0.457 bits per heavy atom. The average Bonchev–Trinajstić information content (AvgIpc) is 3.33. The van der Waals surface area contributed by atoms with Crippen LogP contribution in [0.4, 0.5) is 0 Å². The topological polar surface area (TPSA) is 138 Å². The van der Waals surface area contributed by atoms with Crippen molar-refractivity contribution < 1.29 is 57.0 Å². The predicted octanol–water partition coefficient (Wildman–Crippen LogP) is 2.31. The van der Waals surface area contributed by atoms with Gasteiger partial charge in [-0.3, -0.25) is 19.3 Å². The van der Waals surface area contributed by atoms with Crippen molar-refractivity contribution in [2.45, 2.75) is 0 Å².